The topological polar surface area (TPSA) is 35.5 Å². The van der Waals surface area contributed by atoms with Crippen LogP contribution in [0.4, 0.5) is 13.2 Å². The Morgan fingerprint density at radius 1 is 1.30 bits per heavy atom. The minimum atomic E-state index is -4.41. The lowest BCUT2D eigenvalue weighted by molar-refractivity contribution is -0.140. The average Bonchev–Trinajstić information content (AvgIpc) is 2.73. The lowest BCUT2D eigenvalue weighted by Gasteiger charge is -2.07. The Labute approximate surface area is 116 Å². The highest BCUT2D eigenvalue weighted by Gasteiger charge is 2.31. The van der Waals surface area contributed by atoms with Gasteiger partial charge in [0.2, 0.25) is 0 Å². The number of halogens is 3. The van der Waals surface area contributed by atoms with E-state index in [1.807, 2.05) is 0 Å². The second-order valence-electron chi connectivity index (χ2n) is 4.02. The van der Waals surface area contributed by atoms with Crippen LogP contribution in [0.3, 0.4) is 0 Å². The lowest BCUT2D eigenvalue weighted by atomic mass is 10.1. The number of ether oxygens (including phenoxy) is 2. The van der Waals surface area contributed by atoms with Gasteiger partial charge in [0, 0.05) is 10.1 Å². The molecule has 0 amide bonds. The Bertz CT molecular complexity index is 646. The van der Waals surface area contributed by atoms with Gasteiger partial charge in [0.25, 0.3) is 0 Å². The monoisotopic (exact) mass is 304 g/mol. The second kappa shape index (κ2) is 5.32. The van der Waals surface area contributed by atoms with Gasteiger partial charge in [0.1, 0.15) is 5.75 Å². The Hall–Kier alpha value is -1.76. The molecule has 20 heavy (non-hydrogen) atoms. The third-order valence-corrected chi connectivity index (χ3v) is 3.93. The molecular formula is C13H11F3O3S. The highest BCUT2D eigenvalue weighted by molar-refractivity contribution is 7.19. The van der Waals surface area contributed by atoms with Gasteiger partial charge in [0.05, 0.1) is 31.1 Å². The minimum absolute atomic E-state index is 0.0274. The van der Waals surface area contributed by atoms with E-state index in [1.165, 1.54) is 31.6 Å². The van der Waals surface area contributed by atoms with Crippen molar-refractivity contribution in [1.82, 2.24) is 0 Å². The van der Waals surface area contributed by atoms with Crippen molar-refractivity contribution in [2.45, 2.75) is 12.6 Å². The molecule has 1 aromatic carbocycles. The minimum Gasteiger partial charge on any atom is -0.495 e. The standard InChI is InChI=1S/C13H11F3O3S/c1-18-11(17)6-10-12(19-2)8-5-7(13(14,15)16)3-4-9(8)20-10/h3-5H,6H2,1-2H3. The van der Waals surface area contributed by atoms with E-state index >= 15 is 0 Å². The zero-order valence-electron chi connectivity index (χ0n) is 10.7. The molecule has 0 spiro atoms. The summed E-state index contributed by atoms with van der Waals surface area (Å²) in [4.78, 5) is 11.9. The van der Waals surface area contributed by atoms with Crippen LogP contribution in [0, 0.1) is 0 Å². The summed E-state index contributed by atoms with van der Waals surface area (Å²) in [5.41, 5.74) is -0.745. The number of hydrogen-bond acceptors (Lipinski definition) is 4. The first-order valence-electron chi connectivity index (χ1n) is 5.60. The zero-order chi connectivity index (χ0) is 14.9. The molecule has 2 rings (SSSR count). The fraction of sp³-hybridized carbons (Fsp3) is 0.308. The zero-order valence-corrected chi connectivity index (χ0v) is 11.5. The number of alkyl halides is 3. The molecule has 0 atom stereocenters. The van der Waals surface area contributed by atoms with Gasteiger partial charge in [-0.25, -0.2) is 0 Å². The van der Waals surface area contributed by atoms with Crippen LogP contribution in [-0.4, -0.2) is 20.2 Å². The van der Waals surface area contributed by atoms with E-state index in [9.17, 15) is 18.0 Å². The van der Waals surface area contributed by atoms with Crippen molar-refractivity contribution < 1.29 is 27.4 Å². The van der Waals surface area contributed by atoms with Crippen molar-refractivity contribution >= 4 is 27.4 Å². The van der Waals surface area contributed by atoms with Crippen molar-refractivity contribution in [3.05, 3.63) is 28.6 Å². The number of esters is 1. The number of carbonyl (C=O) groups is 1. The van der Waals surface area contributed by atoms with Crippen molar-refractivity contribution in [3.63, 3.8) is 0 Å². The SMILES string of the molecule is COC(=O)Cc1sc2ccc(C(F)(F)F)cc2c1OC. The molecule has 0 aliphatic heterocycles. The summed E-state index contributed by atoms with van der Waals surface area (Å²) in [6.45, 7) is 0. The van der Waals surface area contributed by atoms with Gasteiger partial charge < -0.3 is 9.47 Å². The van der Waals surface area contributed by atoms with Crippen LogP contribution >= 0.6 is 11.3 Å². The normalized spacial score (nSPS) is 11.7. The van der Waals surface area contributed by atoms with Gasteiger partial charge >= 0.3 is 12.1 Å². The summed E-state index contributed by atoms with van der Waals surface area (Å²) < 4.78 is 48.5. The van der Waals surface area contributed by atoms with Crippen LogP contribution in [0.1, 0.15) is 10.4 Å². The predicted octanol–water partition coefficient (Wildman–Crippen LogP) is 3.64. The number of methoxy groups -OCH3 is 2. The third-order valence-electron chi connectivity index (χ3n) is 2.77. The first kappa shape index (κ1) is 14.6. The van der Waals surface area contributed by atoms with E-state index in [0.717, 1.165) is 12.1 Å². The van der Waals surface area contributed by atoms with Crippen LogP contribution in [0.15, 0.2) is 18.2 Å². The number of rotatable bonds is 3. The maximum absolute atomic E-state index is 12.7. The Morgan fingerprint density at radius 3 is 2.55 bits per heavy atom. The highest BCUT2D eigenvalue weighted by Crippen LogP contribution is 2.41. The molecule has 2 aromatic rings. The van der Waals surface area contributed by atoms with Gasteiger partial charge in [-0.1, -0.05) is 0 Å². The summed E-state index contributed by atoms with van der Waals surface area (Å²) in [5, 5.41) is 0.353. The van der Waals surface area contributed by atoms with Crippen LogP contribution in [0.2, 0.25) is 0 Å². The summed E-state index contributed by atoms with van der Waals surface area (Å²) in [7, 11) is 2.62. The van der Waals surface area contributed by atoms with E-state index < -0.39 is 17.7 Å². The number of carbonyl (C=O) groups excluding carboxylic acids is 1. The summed E-state index contributed by atoms with van der Waals surface area (Å²) in [6, 6.07) is 3.43. The van der Waals surface area contributed by atoms with E-state index in [2.05, 4.69) is 4.74 Å². The number of thiophene rings is 1. The largest absolute Gasteiger partial charge is 0.495 e. The van der Waals surface area contributed by atoms with Crippen LogP contribution in [0.25, 0.3) is 10.1 Å². The summed E-state index contributed by atoms with van der Waals surface area (Å²) in [5.74, 6) is -0.174. The van der Waals surface area contributed by atoms with Crippen LogP contribution in [0.5, 0.6) is 5.75 Å². The smallest absolute Gasteiger partial charge is 0.416 e. The van der Waals surface area contributed by atoms with Gasteiger partial charge in [-0.2, -0.15) is 13.2 Å². The molecule has 0 saturated carbocycles. The number of fused-ring (bicyclic) bond motifs is 1. The summed E-state index contributed by atoms with van der Waals surface area (Å²) >= 11 is 1.22. The molecule has 0 N–H and O–H groups in total. The van der Waals surface area contributed by atoms with Crippen molar-refractivity contribution in [1.29, 1.82) is 0 Å². The summed E-state index contributed by atoms with van der Waals surface area (Å²) in [6.07, 6.45) is -4.44. The van der Waals surface area contributed by atoms with Crippen LogP contribution < -0.4 is 4.74 Å². The average molecular weight is 304 g/mol. The lowest BCUT2D eigenvalue weighted by Crippen LogP contribution is -2.04. The van der Waals surface area contributed by atoms with E-state index in [1.54, 1.807) is 0 Å². The fourth-order valence-electron chi connectivity index (χ4n) is 1.85. The van der Waals surface area contributed by atoms with Gasteiger partial charge in [-0.05, 0) is 18.2 Å². The molecule has 0 bridgehead atoms. The van der Waals surface area contributed by atoms with Crippen molar-refractivity contribution in [3.8, 4) is 5.75 Å². The highest BCUT2D eigenvalue weighted by atomic mass is 32.1. The van der Waals surface area contributed by atoms with E-state index in [0.29, 0.717) is 20.7 Å². The van der Waals surface area contributed by atoms with Crippen LogP contribution in [-0.2, 0) is 22.1 Å². The first-order valence-corrected chi connectivity index (χ1v) is 6.42. The quantitative estimate of drug-likeness (QED) is 0.812. The van der Waals surface area contributed by atoms with Gasteiger partial charge in [-0.15, -0.1) is 11.3 Å². The molecule has 3 nitrogen and oxygen atoms in total. The molecule has 0 unspecified atom stereocenters. The van der Waals surface area contributed by atoms with Gasteiger partial charge in [0.15, 0.2) is 0 Å². The molecular weight excluding hydrogens is 293 g/mol. The number of benzene rings is 1. The van der Waals surface area contributed by atoms with Crippen molar-refractivity contribution in [2.24, 2.45) is 0 Å². The number of hydrogen-bond donors (Lipinski definition) is 0. The predicted molar refractivity (Wildman–Crippen MR) is 69.1 cm³/mol. The fourth-order valence-corrected chi connectivity index (χ4v) is 2.98. The maximum Gasteiger partial charge on any atom is 0.416 e. The van der Waals surface area contributed by atoms with Gasteiger partial charge in [-0.3, -0.25) is 4.79 Å². The Balaban J connectivity index is 2.55. The molecule has 1 aromatic heterocycles. The molecule has 1 heterocycles. The molecule has 108 valence electrons. The maximum atomic E-state index is 12.7. The first-order chi connectivity index (χ1) is 9.36. The molecule has 7 heteroatoms. The second-order valence-corrected chi connectivity index (χ2v) is 5.16. The van der Waals surface area contributed by atoms with Crippen molar-refractivity contribution in [2.75, 3.05) is 14.2 Å². The molecule has 0 fully saturated rings. The molecule has 0 aliphatic rings. The Morgan fingerprint density at radius 2 is 2.00 bits per heavy atom. The Kier molecular flexibility index (Phi) is 3.89. The van der Waals surface area contributed by atoms with E-state index in [-0.39, 0.29) is 6.42 Å². The van der Waals surface area contributed by atoms with E-state index in [4.69, 9.17) is 4.74 Å². The molecule has 0 radical (unpaired) electrons. The molecule has 0 saturated heterocycles. The third kappa shape index (κ3) is 2.72. The molecule has 0 aliphatic carbocycles.